The summed E-state index contributed by atoms with van der Waals surface area (Å²) in [5.41, 5.74) is 1.50. The van der Waals surface area contributed by atoms with Crippen molar-refractivity contribution in [1.29, 1.82) is 0 Å². The lowest BCUT2D eigenvalue weighted by Gasteiger charge is -2.12. The van der Waals surface area contributed by atoms with Gasteiger partial charge in [-0.25, -0.2) is 12.4 Å². The van der Waals surface area contributed by atoms with Gasteiger partial charge in [-0.05, 0) is 49.2 Å². The molecule has 0 N–H and O–H groups in total. The second kappa shape index (κ2) is 7.96. The van der Waals surface area contributed by atoms with Crippen LogP contribution in [0.2, 0.25) is 0 Å². The van der Waals surface area contributed by atoms with Crippen LogP contribution in [0.4, 0.5) is 0 Å². The van der Waals surface area contributed by atoms with Crippen LogP contribution in [-0.2, 0) is 16.4 Å². The van der Waals surface area contributed by atoms with E-state index in [9.17, 15) is 8.42 Å². The van der Waals surface area contributed by atoms with Gasteiger partial charge in [-0.1, -0.05) is 44.9 Å². The summed E-state index contributed by atoms with van der Waals surface area (Å²) >= 11 is 0. The van der Waals surface area contributed by atoms with E-state index >= 15 is 0 Å². The van der Waals surface area contributed by atoms with Crippen LogP contribution in [0, 0.1) is 0 Å². The number of hydrogen-bond donors (Lipinski definition) is 0. The topological polar surface area (TPSA) is 48.3 Å². The van der Waals surface area contributed by atoms with Crippen molar-refractivity contribution in [2.75, 3.05) is 6.61 Å². The lowest BCUT2D eigenvalue weighted by atomic mass is 10.2. The van der Waals surface area contributed by atoms with E-state index in [1.807, 2.05) is 30.3 Å². The first kappa shape index (κ1) is 18.5. The van der Waals surface area contributed by atoms with E-state index < -0.39 is 10.0 Å². The number of aromatic nitrogens is 1. The summed E-state index contributed by atoms with van der Waals surface area (Å²) in [5.74, 6) is 0.781. The molecule has 0 radical (unpaired) electrons. The maximum absolute atomic E-state index is 13.2. The van der Waals surface area contributed by atoms with E-state index in [0.29, 0.717) is 23.4 Å². The Morgan fingerprint density at radius 3 is 2.42 bits per heavy atom. The normalized spacial score (nSPS) is 11.8. The SMILES string of the molecule is CCCCOc1ccc2c(c1)cc(CCC)n2S(=O)(=O)c1ccccc1. The minimum Gasteiger partial charge on any atom is -0.494 e. The molecule has 3 rings (SSSR count). The highest BCUT2D eigenvalue weighted by Crippen LogP contribution is 2.29. The van der Waals surface area contributed by atoms with E-state index in [2.05, 4.69) is 13.8 Å². The minimum absolute atomic E-state index is 0.304. The number of ether oxygens (including phenoxy) is 1. The van der Waals surface area contributed by atoms with E-state index in [0.717, 1.165) is 36.1 Å². The van der Waals surface area contributed by atoms with Gasteiger partial charge in [-0.3, -0.25) is 0 Å². The number of unbranched alkanes of at least 4 members (excludes halogenated alkanes) is 1. The highest BCUT2D eigenvalue weighted by Gasteiger charge is 2.22. The predicted molar refractivity (Wildman–Crippen MR) is 105 cm³/mol. The van der Waals surface area contributed by atoms with E-state index in [1.165, 1.54) is 3.97 Å². The largest absolute Gasteiger partial charge is 0.494 e. The zero-order valence-corrected chi connectivity index (χ0v) is 16.1. The zero-order valence-electron chi connectivity index (χ0n) is 15.3. The molecule has 0 unspecified atom stereocenters. The quantitative estimate of drug-likeness (QED) is 0.523. The summed E-state index contributed by atoms with van der Waals surface area (Å²) in [6.07, 6.45) is 3.66. The van der Waals surface area contributed by atoms with Crippen molar-refractivity contribution in [3.63, 3.8) is 0 Å². The fourth-order valence-electron chi connectivity index (χ4n) is 3.06. The minimum atomic E-state index is -3.63. The van der Waals surface area contributed by atoms with Crippen LogP contribution < -0.4 is 4.74 Å². The Labute approximate surface area is 155 Å². The Bertz CT molecular complexity index is 975. The Balaban J connectivity index is 2.10. The van der Waals surface area contributed by atoms with Gasteiger partial charge in [0, 0.05) is 11.1 Å². The van der Waals surface area contributed by atoms with Gasteiger partial charge in [-0.15, -0.1) is 0 Å². The summed E-state index contributed by atoms with van der Waals surface area (Å²) in [7, 11) is -3.63. The van der Waals surface area contributed by atoms with Crippen molar-refractivity contribution >= 4 is 20.9 Å². The van der Waals surface area contributed by atoms with Crippen molar-refractivity contribution < 1.29 is 13.2 Å². The van der Waals surface area contributed by atoms with Gasteiger partial charge < -0.3 is 4.74 Å². The monoisotopic (exact) mass is 371 g/mol. The molecule has 0 fully saturated rings. The maximum Gasteiger partial charge on any atom is 0.268 e. The molecule has 26 heavy (non-hydrogen) atoms. The molecule has 1 heterocycles. The molecule has 0 atom stereocenters. The van der Waals surface area contributed by atoms with E-state index in [4.69, 9.17) is 4.74 Å². The van der Waals surface area contributed by atoms with Crippen LogP contribution in [-0.4, -0.2) is 19.0 Å². The van der Waals surface area contributed by atoms with Gasteiger partial charge >= 0.3 is 0 Å². The highest BCUT2D eigenvalue weighted by molar-refractivity contribution is 7.90. The van der Waals surface area contributed by atoms with E-state index in [-0.39, 0.29) is 0 Å². The summed E-state index contributed by atoms with van der Waals surface area (Å²) in [6.45, 7) is 4.85. The average molecular weight is 372 g/mol. The second-order valence-electron chi connectivity index (χ2n) is 6.39. The van der Waals surface area contributed by atoms with Crippen LogP contribution in [0.25, 0.3) is 10.9 Å². The number of nitrogens with zero attached hydrogens (tertiary/aromatic N) is 1. The molecule has 0 saturated heterocycles. The molecule has 2 aromatic carbocycles. The first-order chi connectivity index (χ1) is 12.6. The predicted octanol–water partition coefficient (Wildman–Crippen LogP) is 5.01. The molecule has 3 aromatic rings. The third kappa shape index (κ3) is 3.63. The molecule has 0 bridgehead atoms. The highest BCUT2D eigenvalue weighted by atomic mass is 32.2. The van der Waals surface area contributed by atoms with Gasteiger partial charge in [0.2, 0.25) is 0 Å². The number of hydrogen-bond acceptors (Lipinski definition) is 3. The van der Waals surface area contributed by atoms with Crippen LogP contribution in [0.3, 0.4) is 0 Å². The summed E-state index contributed by atoms with van der Waals surface area (Å²) in [6, 6.07) is 16.2. The third-order valence-electron chi connectivity index (χ3n) is 4.35. The zero-order chi connectivity index (χ0) is 18.6. The molecule has 0 aliphatic heterocycles. The standard InChI is InChI=1S/C21H25NO3S/c1-3-5-14-25-19-12-13-21-17(16-19)15-18(9-4-2)22(21)26(23,24)20-10-7-6-8-11-20/h6-8,10-13,15-16H,3-5,9,14H2,1-2H3. The molecule has 0 spiro atoms. The van der Waals surface area contributed by atoms with Crippen LogP contribution >= 0.6 is 0 Å². The summed E-state index contributed by atoms with van der Waals surface area (Å²) < 4.78 is 33.7. The van der Waals surface area contributed by atoms with Crippen molar-refractivity contribution in [1.82, 2.24) is 3.97 Å². The lowest BCUT2D eigenvalue weighted by molar-refractivity contribution is 0.310. The van der Waals surface area contributed by atoms with Gasteiger partial charge in [0.25, 0.3) is 10.0 Å². The molecule has 0 aliphatic rings. The third-order valence-corrected chi connectivity index (χ3v) is 6.13. The van der Waals surface area contributed by atoms with Crippen LogP contribution in [0.5, 0.6) is 5.75 Å². The Morgan fingerprint density at radius 2 is 1.73 bits per heavy atom. The van der Waals surface area contributed by atoms with Gasteiger partial charge in [0.1, 0.15) is 5.75 Å². The average Bonchev–Trinajstić information content (AvgIpc) is 3.01. The molecule has 0 amide bonds. The summed E-state index contributed by atoms with van der Waals surface area (Å²) in [5, 5.41) is 0.891. The van der Waals surface area contributed by atoms with Crippen molar-refractivity contribution in [3.8, 4) is 5.75 Å². The molecule has 138 valence electrons. The van der Waals surface area contributed by atoms with Crippen molar-refractivity contribution in [2.45, 2.75) is 44.4 Å². The maximum atomic E-state index is 13.2. The Kier molecular flexibility index (Phi) is 5.67. The molecule has 1 aromatic heterocycles. The van der Waals surface area contributed by atoms with Gasteiger partial charge in [0.05, 0.1) is 17.0 Å². The Hall–Kier alpha value is -2.27. The van der Waals surface area contributed by atoms with Gasteiger partial charge in [0.15, 0.2) is 0 Å². The molecular formula is C21H25NO3S. The summed E-state index contributed by atoms with van der Waals surface area (Å²) in [4.78, 5) is 0.304. The first-order valence-electron chi connectivity index (χ1n) is 9.15. The fraction of sp³-hybridized carbons (Fsp3) is 0.333. The number of fused-ring (bicyclic) bond motifs is 1. The van der Waals surface area contributed by atoms with Crippen LogP contribution in [0.15, 0.2) is 59.5 Å². The fourth-order valence-corrected chi connectivity index (χ4v) is 4.65. The van der Waals surface area contributed by atoms with Gasteiger partial charge in [-0.2, -0.15) is 0 Å². The molecule has 4 nitrogen and oxygen atoms in total. The molecule has 5 heteroatoms. The molecular weight excluding hydrogens is 346 g/mol. The first-order valence-corrected chi connectivity index (χ1v) is 10.6. The number of aryl methyl sites for hydroxylation is 1. The second-order valence-corrected chi connectivity index (χ2v) is 8.18. The van der Waals surface area contributed by atoms with E-state index in [1.54, 1.807) is 24.3 Å². The Morgan fingerprint density at radius 1 is 0.962 bits per heavy atom. The van der Waals surface area contributed by atoms with Crippen molar-refractivity contribution in [3.05, 3.63) is 60.3 Å². The van der Waals surface area contributed by atoms with Crippen LogP contribution in [0.1, 0.15) is 38.8 Å². The molecule has 0 aliphatic carbocycles. The number of benzene rings is 2. The smallest absolute Gasteiger partial charge is 0.268 e. The van der Waals surface area contributed by atoms with Crippen molar-refractivity contribution in [2.24, 2.45) is 0 Å². The lowest BCUT2D eigenvalue weighted by Crippen LogP contribution is -2.15. The molecule has 0 saturated carbocycles. The number of rotatable bonds is 8.